The number of ketones is 2. The maximum absolute atomic E-state index is 15.2. The van der Waals surface area contributed by atoms with E-state index in [4.69, 9.17) is 33.2 Å². The number of esters is 3. The van der Waals surface area contributed by atoms with Gasteiger partial charge >= 0.3 is 17.9 Å². The fourth-order valence-electron chi connectivity index (χ4n) is 11.9. The molecule has 57 heavy (non-hydrogen) atoms. The van der Waals surface area contributed by atoms with E-state index in [1.165, 1.54) is 13.8 Å². The van der Waals surface area contributed by atoms with E-state index in [1.54, 1.807) is 12.2 Å². The zero-order valence-electron chi connectivity index (χ0n) is 33.7. The lowest BCUT2D eigenvalue weighted by molar-refractivity contribution is -0.278. The smallest absolute Gasteiger partial charge is 0.303 e. The Bertz CT molecular complexity index is 1700. The second-order valence-corrected chi connectivity index (χ2v) is 17.6. The number of hydrogen-bond donors (Lipinski definition) is 2. The molecule has 15 heteroatoms. The molecule has 5 aliphatic carbocycles. The summed E-state index contributed by atoms with van der Waals surface area (Å²) in [5, 5.41) is 14.9. The molecule has 0 radical (unpaired) electrons. The highest BCUT2D eigenvalue weighted by Crippen LogP contribution is 2.70. The number of fused-ring (bicyclic) bond motifs is 7. The van der Waals surface area contributed by atoms with Crippen LogP contribution in [-0.4, -0.2) is 108 Å². The number of nitrogens with one attached hydrogen (secondary N) is 1. The summed E-state index contributed by atoms with van der Waals surface area (Å²) >= 11 is 0. The molecular formula is C42H57NO14. The van der Waals surface area contributed by atoms with Crippen molar-refractivity contribution in [3.8, 4) is 0 Å². The lowest BCUT2D eigenvalue weighted by atomic mass is 9.46. The predicted octanol–water partition coefficient (Wildman–Crippen LogP) is 3.18. The van der Waals surface area contributed by atoms with E-state index in [1.807, 2.05) is 13.0 Å². The van der Waals surface area contributed by atoms with Crippen LogP contribution < -0.4 is 5.32 Å². The van der Waals surface area contributed by atoms with Crippen LogP contribution in [0.1, 0.15) is 99.3 Å². The molecule has 0 aromatic carbocycles. The van der Waals surface area contributed by atoms with Crippen molar-refractivity contribution in [2.24, 2.45) is 34.5 Å². The Hall–Kier alpha value is -3.50. The Morgan fingerprint density at radius 2 is 1.63 bits per heavy atom. The number of ether oxygens (including phenoxy) is 7. The van der Waals surface area contributed by atoms with Gasteiger partial charge in [0.15, 0.2) is 42.0 Å². The van der Waals surface area contributed by atoms with Gasteiger partial charge in [-0.1, -0.05) is 44.8 Å². The van der Waals surface area contributed by atoms with Gasteiger partial charge in [-0.2, -0.15) is 0 Å². The first-order chi connectivity index (χ1) is 27.0. The molecule has 4 saturated carbocycles. The van der Waals surface area contributed by atoms with E-state index in [9.17, 15) is 29.1 Å². The maximum Gasteiger partial charge on any atom is 0.303 e. The molecule has 0 spiro atoms. The minimum absolute atomic E-state index is 0.00540. The Labute approximate surface area is 332 Å². The molecule has 14 atom stereocenters. The molecule has 2 heterocycles. The van der Waals surface area contributed by atoms with Crippen molar-refractivity contribution in [3.63, 3.8) is 0 Å². The SMILES string of the molecule is CC(=O)N[C@H]1[C@H](OCC(=O)[C@@]23O[C@H](C4CCCCC4)O[C@@H]2CC2C4CCC5=CC(=O)C=C[C@]5(C)C4[C@@H](O)C[C@@]23C)O[C@H](COC(C)=O)[C@@H](OC(C)=O)[C@@H]1OC(C)=O. The molecule has 1 amide bonds. The van der Waals surface area contributed by atoms with Gasteiger partial charge < -0.3 is 43.6 Å². The first-order valence-corrected chi connectivity index (χ1v) is 20.5. The third-order valence-electron chi connectivity index (χ3n) is 14.2. The fraction of sp³-hybridized carbons (Fsp3) is 0.762. The van der Waals surface area contributed by atoms with Crippen LogP contribution in [-0.2, 0) is 61.9 Å². The number of Topliss-reactive ketones (excluding diaryl/α,β-unsaturated/α-hetero) is 1. The van der Waals surface area contributed by atoms with Gasteiger partial charge in [0.25, 0.3) is 0 Å². The molecule has 314 valence electrons. The van der Waals surface area contributed by atoms with E-state index >= 15 is 4.79 Å². The third-order valence-corrected chi connectivity index (χ3v) is 14.2. The molecule has 6 fully saturated rings. The van der Waals surface area contributed by atoms with Crippen molar-refractivity contribution >= 4 is 35.4 Å². The molecule has 7 rings (SSSR count). The van der Waals surface area contributed by atoms with Gasteiger partial charge in [0.2, 0.25) is 5.91 Å². The summed E-state index contributed by atoms with van der Waals surface area (Å²) in [5.41, 5.74) is -1.87. The van der Waals surface area contributed by atoms with Crippen LogP contribution in [0.2, 0.25) is 0 Å². The molecule has 0 bridgehead atoms. The Morgan fingerprint density at radius 3 is 2.30 bits per heavy atom. The first-order valence-electron chi connectivity index (χ1n) is 20.5. The molecule has 2 saturated heterocycles. The summed E-state index contributed by atoms with van der Waals surface area (Å²) in [7, 11) is 0. The van der Waals surface area contributed by atoms with Crippen LogP contribution in [0.15, 0.2) is 23.8 Å². The lowest BCUT2D eigenvalue weighted by Gasteiger charge is -2.59. The lowest BCUT2D eigenvalue weighted by Crippen LogP contribution is -2.67. The summed E-state index contributed by atoms with van der Waals surface area (Å²) in [6.45, 7) is 7.86. The quantitative estimate of drug-likeness (QED) is 0.241. The zero-order valence-corrected chi connectivity index (χ0v) is 33.7. The number of carbonyl (C=O) groups is 6. The molecular weight excluding hydrogens is 742 g/mol. The summed E-state index contributed by atoms with van der Waals surface area (Å²) in [6, 6.07) is -1.26. The molecule has 0 aromatic rings. The van der Waals surface area contributed by atoms with Gasteiger partial charge in [-0.15, -0.1) is 0 Å². The molecule has 2 aliphatic heterocycles. The summed E-state index contributed by atoms with van der Waals surface area (Å²) in [4.78, 5) is 76.7. The fourth-order valence-corrected chi connectivity index (χ4v) is 11.9. The molecule has 0 aromatic heterocycles. The summed E-state index contributed by atoms with van der Waals surface area (Å²) < 4.78 is 42.8. The second kappa shape index (κ2) is 15.9. The minimum Gasteiger partial charge on any atom is -0.463 e. The van der Waals surface area contributed by atoms with Crippen molar-refractivity contribution < 1.29 is 67.0 Å². The summed E-state index contributed by atoms with van der Waals surface area (Å²) in [6.07, 6.45) is 5.07. The van der Waals surface area contributed by atoms with Gasteiger partial charge in [0, 0.05) is 50.4 Å². The van der Waals surface area contributed by atoms with E-state index in [0.29, 0.717) is 12.8 Å². The van der Waals surface area contributed by atoms with Crippen LogP contribution >= 0.6 is 0 Å². The van der Waals surface area contributed by atoms with Crippen LogP contribution in [0.3, 0.4) is 0 Å². The second-order valence-electron chi connectivity index (χ2n) is 17.6. The van der Waals surface area contributed by atoms with Crippen molar-refractivity contribution in [1.82, 2.24) is 5.32 Å². The Morgan fingerprint density at radius 1 is 0.930 bits per heavy atom. The standard InChI is InChI=1S/C42H57NO14/c1-21(44)43-35-37(54-24(4)47)36(53-23(3)46)31(19-51-22(2)45)55-39(35)52-20-32(50)42-33(56-38(57-42)25-10-8-7-9-11-25)17-29-28-13-12-26-16-27(48)14-15-40(26,5)34(28)30(49)18-41(29,42)6/h14-16,25,28-31,33-39,49H,7-13,17-20H2,1-6H3,(H,43,44)/t28?,29?,30-,31+,33+,34?,35+,36+,37+,38+,39+,40-,41-,42+/m0/s1. The first kappa shape index (κ1) is 41.7. The largest absolute Gasteiger partial charge is 0.463 e. The highest BCUT2D eigenvalue weighted by atomic mass is 16.8. The van der Waals surface area contributed by atoms with Gasteiger partial charge in [0.1, 0.15) is 25.4 Å². The average Bonchev–Trinajstić information content (AvgIpc) is 3.65. The van der Waals surface area contributed by atoms with E-state index in [-0.39, 0.29) is 35.9 Å². The van der Waals surface area contributed by atoms with Crippen LogP contribution in [0, 0.1) is 34.5 Å². The normalized spacial score (nSPS) is 42.4. The van der Waals surface area contributed by atoms with Crippen LogP contribution in [0.5, 0.6) is 0 Å². The maximum atomic E-state index is 15.2. The number of carbonyl (C=O) groups excluding carboxylic acids is 6. The van der Waals surface area contributed by atoms with Crippen molar-refractivity contribution in [3.05, 3.63) is 23.8 Å². The third kappa shape index (κ3) is 7.40. The van der Waals surface area contributed by atoms with E-state index in [0.717, 1.165) is 57.9 Å². The zero-order chi connectivity index (χ0) is 41.0. The minimum atomic E-state index is -1.51. The highest BCUT2D eigenvalue weighted by Gasteiger charge is 2.76. The number of aliphatic hydroxyl groups excluding tert-OH is 1. The average molecular weight is 800 g/mol. The highest BCUT2D eigenvalue weighted by molar-refractivity contribution is 6.01. The molecule has 2 N–H and O–H groups in total. The number of aliphatic hydroxyl groups is 1. The van der Waals surface area contributed by atoms with Gasteiger partial charge in [-0.3, -0.25) is 28.8 Å². The molecule has 3 unspecified atom stereocenters. The van der Waals surface area contributed by atoms with Crippen molar-refractivity contribution in [1.29, 1.82) is 0 Å². The van der Waals surface area contributed by atoms with Crippen molar-refractivity contribution in [2.75, 3.05) is 13.2 Å². The van der Waals surface area contributed by atoms with Gasteiger partial charge in [-0.25, -0.2) is 0 Å². The van der Waals surface area contributed by atoms with E-state index < -0.39 is 108 Å². The van der Waals surface area contributed by atoms with Gasteiger partial charge in [0.05, 0.1) is 12.2 Å². The van der Waals surface area contributed by atoms with E-state index in [2.05, 4.69) is 12.2 Å². The van der Waals surface area contributed by atoms with Crippen LogP contribution in [0.4, 0.5) is 0 Å². The number of hydrogen-bond acceptors (Lipinski definition) is 14. The number of amides is 1. The van der Waals surface area contributed by atoms with Crippen molar-refractivity contribution in [2.45, 2.75) is 154 Å². The topological polar surface area (TPSA) is 199 Å². The predicted molar refractivity (Wildman–Crippen MR) is 197 cm³/mol. The van der Waals surface area contributed by atoms with Gasteiger partial charge in [-0.05, 0) is 62.5 Å². The Kier molecular flexibility index (Phi) is 11.6. The summed E-state index contributed by atoms with van der Waals surface area (Å²) in [5.74, 6) is -3.30. The molecule has 15 nitrogen and oxygen atoms in total. The monoisotopic (exact) mass is 799 g/mol. The Balaban J connectivity index is 1.21. The van der Waals surface area contributed by atoms with Crippen LogP contribution in [0.25, 0.3) is 0 Å². The number of allylic oxidation sites excluding steroid dienone is 4. The molecule has 7 aliphatic rings. The number of rotatable bonds is 10.